The SMILES string of the molecule is CCCN(CC(=O)NCC(=O)Nc1ccc(OC)cc1)C(=O)c1ccc(Cl)c(Cl)c1. The van der Waals surface area contributed by atoms with Crippen molar-refractivity contribution >= 4 is 46.6 Å². The van der Waals surface area contributed by atoms with Crippen molar-refractivity contribution in [3.63, 3.8) is 0 Å². The second-order valence-electron chi connectivity index (χ2n) is 6.41. The van der Waals surface area contributed by atoms with Crippen LogP contribution in [0.4, 0.5) is 5.69 Å². The van der Waals surface area contributed by atoms with E-state index in [1.54, 1.807) is 37.4 Å². The molecule has 160 valence electrons. The van der Waals surface area contributed by atoms with Gasteiger partial charge >= 0.3 is 0 Å². The molecule has 0 saturated heterocycles. The Labute approximate surface area is 185 Å². The van der Waals surface area contributed by atoms with Crippen LogP contribution in [0.2, 0.25) is 10.0 Å². The highest BCUT2D eigenvalue weighted by Crippen LogP contribution is 2.23. The van der Waals surface area contributed by atoms with Crippen molar-refractivity contribution in [2.75, 3.05) is 32.1 Å². The fourth-order valence-electron chi connectivity index (χ4n) is 2.62. The molecular weight excluding hydrogens is 429 g/mol. The Kier molecular flexibility index (Phi) is 8.95. The summed E-state index contributed by atoms with van der Waals surface area (Å²) in [5.74, 6) is -0.495. The van der Waals surface area contributed by atoms with Gasteiger partial charge in [-0.1, -0.05) is 30.1 Å². The minimum atomic E-state index is -0.443. The van der Waals surface area contributed by atoms with E-state index in [2.05, 4.69) is 10.6 Å². The maximum absolute atomic E-state index is 12.7. The lowest BCUT2D eigenvalue weighted by Gasteiger charge is -2.22. The normalized spacial score (nSPS) is 10.3. The quantitative estimate of drug-likeness (QED) is 0.609. The van der Waals surface area contributed by atoms with E-state index >= 15 is 0 Å². The summed E-state index contributed by atoms with van der Waals surface area (Å²) in [7, 11) is 1.55. The zero-order valence-corrected chi connectivity index (χ0v) is 18.2. The summed E-state index contributed by atoms with van der Waals surface area (Å²) in [6, 6.07) is 11.4. The first-order valence-electron chi connectivity index (χ1n) is 9.29. The van der Waals surface area contributed by atoms with Crippen molar-refractivity contribution in [1.29, 1.82) is 0 Å². The Morgan fingerprint density at radius 1 is 1.00 bits per heavy atom. The lowest BCUT2D eigenvalue weighted by Crippen LogP contribution is -2.43. The molecule has 0 bridgehead atoms. The zero-order chi connectivity index (χ0) is 22.1. The first-order valence-corrected chi connectivity index (χ1v) is 10.0. The van der Waals surface area contributed by atoms with E-state index in [1.165, 1.54) is 17.0 Å². The van der Waals surface area contributed by atoms with Crippen LogP contribution in [0, 0.1) is 0 Å². The van der Waals surface area contributed by atoms with Crippen molar-refractivity contribution in [3.05, 3.63) is 58.1 Å². The van der Waals surface area contributed by atoms with Crippen LogP contribution in [-0.4, -0.2) is 49.4 Å². The van der Waals surface area contributed by atoms with E-state index in [1.807, 2.05) is 6.92 Å². The van der Waals surface area contributed by atoms with Gasteiger partial charge in [-0.05, 0) is 48.9 Å². The Balaban J connectivity index is 1.90. The molecule has 2 aromatic rings. The number of rotatable bonds is 9. The highest BCUT2D eigenvalue weighted by atomic mass is 35.5. The summed E-state index contributed by atoms with van der Waals surface area (Å²) in [4.78, 5) is 38.4. The third-order valence-corrected chi connectivity index (χ3v) is 4.84. The van der Waals surface area contributed by atoms with Gasteiger partial charge in [-0.3, -0.25) is 14.4 Å². The number of carbonyl (C=O) groups excluding carboxylic acids is 3. The molecule has 2 rings (SSSR count). The van der Waals surface area contributed by atoms with Gasteiger partial charge in [-0.25, -0.2) is 0 Å². The molecule has 0 aliphatic heterocycles. The molecule has 2 N–H and O–H groups in total. The molecule has 0 radical (unpaired) electrons. The van der Waals surface area contributed by atoms with Gasteiger partial charge in [0, 0.05) is 17.8 Å². The van der Waals surface area contributed by atoms with Gasteiger partial charge < -0.3 is 20.3 Å². The molecule has 0 atom stereocenters. The van der Waals surface area contributed by atoms with E-state index in [-0.39, 0.29) is 29.9 Å². The molecule has 7 nitrogen and oxygen atoms in total. The summed E-state index contributed by atoms with van der Waals surface area (Å²) >= 11 is 11.9. The van der Waals surface area contributed by atoms with Gasteiger partial charge in [-0.2, -0.15) is 0 Å². The van der Waals surface area contributed by atoms with Gasteiger partial charge in [0.15, 0.2) is 0 Å². The summed E-state index contributed by atoms with van der Waals surface area (Å²) in [6.07, 6.45) is 0.665. The molecule has 0 heterocycles. The van der Waals surface area contributed by atoms with Gasteiger partial charge in [0.05, 0.1) is 30.2 Å². The second kappa shape index (κ2) is 11.4. The molecule has 2 aromatic carbocycles. The third kappa shape index (κ3) is 6.93. The average Bonchev–Trinajstić information content (AvgIpc) is 2.74. The summed E-state index contributed by atoms with van der Waals surface area (Å²) in [6.45, 7) is 1.88. The number of hydrogen-bond acceptors (Lipinski definition) is 4. The van der Waals surface area contributed by atoms with E-state index < -0.39 is 5.91 Å². The van der Waals surface area contributed by atoms with E-state index in [9.17, 15) is 14.4 Å². The van der Waals surface area contributed by atoms with Crippen molar-refractivity contribution in [2.24, 2.45) is 0 Å². The fourth-order valence-corrected chi connectivity index (χ4v) is 2.92. The molecule has 0 aliphatic carbocycles. The first-order chi connectivity index (χ1) is 14.3. The average molecular weight is 452 g/mol. The van der Waals surface area contributed by atoms with Crippen molar-refractivity contribution in [3.8, 4) is 5.75 Å². The van der Waals surface area contributed by atoms with Crippen molar-refractivity contribution < 1.29 is 19.1 Å². The predicted molar refractivity (Wildman–Crippen MR) is 117 cm³/mol. The van der Waals surface area contributed by atoms with Crippen molar-refractivity contribution in [2.45, 2.75) is 13.3 Å². The number of carbonyl (C=O) groups is 3. The number of nitrogens with zero attached hydrogens (tertiary/aromatic N) is 1. The van der Waals surface area contributed by atoms with E-state index in [0.717, 1.165) is 0 Å². The lowest BCUT2D eigenvalue weighted by molar-refractivity contribution is -0.124. The highest BCUT2D eigenvalue weighted by molar-refractivity contribution is 6.42. The standard InChI is InChI=1S/C21H23Cl2N3O4/c1-3-10-26(21(29)14-4-9-17(22)18(23)11-14)13-20(28)24-12-19(27)25-15-5-7-16(30-2)8-6-15/h4-9,11H,3,10,12-13H2,1-2H3,(H,24,28)(H,25,27). The number of ether oxygens (including phenoxy) is 1. The van der Waals surface area contributed by atoms with Crippen molar-refractivity contribution in [1.82, 2.24) is 10.2 Å². The Hall–Kier alpha value is -2.77. The number of halogens is 2. The number of anilines is 1. The molecule has 0 saturated carbocycles. The molecule has 3 amide bonds. The van der Waals surface area contributed by atoms with Crippen LogP contribution < -0.4 is 15.4 Å². The Morgan fingerprint density at radius 3 is 2.30 bits per heavy atom. The molecule has 0 aliphatic rings. The molecule has 0 aromatic heterocycles. The summed E-state index contributed by atoms with van der Waals surface area (Å²) in [5.41, 5.74) is 0.917. The zero-order valence-electron chi connectivity index (χ0n) is 16.7. The van der Waals surface area contributed by atoms with Crippen LogP contribution in [0.1, 0.15) is 23.7 Å². The monoisotopic (exact) mass is 451 g/mol. The fraction of sp³-hybridized carbons (Fsp3) is 0.286. The molecule has 0 fully saturated rings. The van der Waals surface area contributed by atoms with Gasteiger partial charge in [0.2, 0.25) is 11.8 Å². The topological polar surface area (TPSA) is 87.7 Å². The maximum atomic E-state index is 12.7. The van der Waals surface area contributed by atoms with Crippen LogP contribution in [0.3, 0.4) is 0 Å². The summed E-state index contributed by atoms with van der Waals surface area (Å²) in [5, 5.41) is 5.80. The highest BCUT2D eigenvalue weighted by Gasteiger charge is 2.19. The maximum Gasteiger partial charge on any atom is 0.254 e. The molecule has 0 spiro atoms. The van der Waals surface area contributed by atoms with Crippen LogP contribution in [0.15, 0.2) is 42.5 Å². The van der Waals surface area contributed by atoms with Crippen LogP contribution in [-0.2, 0) is 9.59 Å². The predicted octanol–water partition coefficient (Wildman–Crippen LogP) is 3.61. The third-order valence-electron chi connectivity index (χ3n) is 4.10. The number of hydrogen-bond donors (Lipinski definition) is 2. The van der Waals surface area contributed by atoms with E-state index in [0.29, 0.717) is 35.0 Å². The van der Waals surface area contributed by atoms with Crippen LogP contribution in [0.25, 0.3) is 0 Å². The molecular formula is C21H23Cl2N3O4. The lowest BCUT2D eigenvalue weighted by atomic mass is 10.2. The number of nitrogens with one attached hydrogen (secondary N) is 2. The molecule has 30 heavy (non-hydrogen) atoms. The smallest absolute Gasteiger partial charge is 0.254 e. The minimum absolute atomic E-state index is 0.178. The van der Waals surface area contributed by atoms with Gasteiger partial charge in [-0.15, -0.1) is 0 Å². The van der Waals surface area contributed by atoms with Gasteiger partial charge in [0.25, 0.3) is 5.91 Å². The minimum Gasteiger partial charge on any atom is -0.497 e. The molecule has 9 heteroatoms. The Morgan fingerprint density at radius 2 is 1.70 bits per heavy atom. The van der Waals surface area contributed by atoms with E-state index in [4.69, 9.17) is 27.9 Å². The number of benzene rings is 2. The Bertz CT molecular complexity index is 904. The van der Waals surface area contributed by atoms with Crippen LogP contribution >= 0.6 is 23.2 Å². The second-order valence-corrected chi connectivity index (χ2v) is 7.22. The first kappa shape index (κ1) is 23.5. The van der Waals surface area contributed by atoms with Crippen LogP contribution in [0.5, 0.6) is 5.75 Å². The number of methoxy groups -OCH3 is 1. The largest absolute Gasteiger partial charge is 0.497 e. The van der Waals surface area contributed by atoms with Gasteiger partial charge in [0.1, 0.15) is 5.75 Å². The molecule has 0 unspecified atom stereocenters. The number of amides is 3. The summed E-state index contributed by atoms with van der Waals surface area (Å²) < 4.78 is 5.06.